The van der Waals surface area contributed by atoms with Crippen LogP contribution in [-0.2, 0) is 21.2 Å². The molecule has 0 spiro atoms. The first-order valence-electron chi connectivity index (χ1n) is 11.6. The Bertz CT molecular complexity index is 1140. The number of ether oxygens (including phenoxy) is 1. The summed E-state index contributed by atoms with van der Waals surface area (Å²) in [4.78, 5) is 14.2. The molecule has 2 aromatic rings. The van der Waals surface area contributed by atoms with Gasteiger partial charge in [0, 0.05) is 24.6 Å². The molecule has 2 atom stereocenters. The molecule has 2 aromatic carbocycles. The van der Waals surface area contributed by atoms with Crippen molar-refractivity contribution in [3.05, 3.63) is 54.1 Å². The SMILES string of the molecule is CS(=O)(=O)NC1CCCN2C(=O)C(F)(F)CCCCOc3ccccc3-c3cccc(c3)CC12. The molecule has 1 N–H and O–H groups in total. The van der Waals surface area contributed by atoms with Crippen molar-refractivity contribution >= 4 is 15.9 Å². The fraction of sp³-hybridized carbons (Fsp3) is 0.480. The van der Waals surface area contributed by atoms with Crippen LogP contribution in [0.3, 0.4) is 0 Å². The molecule has 2 aliphatic heterocycles. The Balaban J connectivity index is 1.76. The molecule has 34 heavy (non-hydrogen) atoms. The van der Waals surface area contributed by atoms with E-state index in [1.807, 2.05) is 48.5 Å². The van der Waals surface area contributed by atoms with E-state index in [2.05, 4.69) is 4.72 Å². The molecule has 6 nitrogen and oxygen atoms in total. The summed E-state index contributed by atoms with van der Waals surface area (Å²) in [5, 5.41) is 0. The summed E-state index contributed by atoms with van der Waals surface area (Å²) in [6.07, 6.45) is 2.18. The van der Waals surface area contributed by atoms with Gasteiger partial charge in [-0.3, -0.25) is 4.79 Å². The summed E-state index contributed by atoms with van der Waals surface area (Å²) < 4.78 is 62.5. The third kappa shape index (κ3) is 5.75. The minimum absolute atomic E-state index is 0.137. The summed E-state index contributed by atoms with van der Waals surface area (Å²) in [5.41, 5.74) is 2.64. The number of nitrogens with zero attached hydrogens (tertiary/aromatic N) is 1. The van der Waals surface area contributed by atoms with Gasteiger partial charge in [0.25, 0.3) is 5.91 Å². The first-order valence-corrected chi connectivity index (χ1v) is 13.5. The largest absolute Gasteiger partial charge is 0.493 e. The van der Waals surface area contributed by atoms with Gasteiger partial charge in [0.05, 0.1) is 18.9 Å². The topological polar surface area (TPSA) is 75.7 Å². The Hall–Kier alpha value is -2.52. The lowest BCUT2D eigenvalue weighted by Gasteiger charge is -2.42. The molecule has 9 heteroatoms. The second-order valence-electron chi connectivity index (χ2n) is 9.12. The first-order chi connectivity index (χ1) is 16.1. The minimum atomic E-state index is -3.59. The van der Waals surface area contributed by atoms with E-state index in [0.29, 0.717) is 25.0 Å². The van der Waals surface area contributed by atoms with Crippen molar-refractivity contribution in [2.24, 2.45) is 0 Å². The number of fused-ring (bicyclic) bond motifs is 5. The maximum Gasteiger partial charge on any atom is 0.324 e. The number of amides is 1. The summed E-state index contributed by atoms with van der Waals surface area (Å²) in [6.45, 7) is 0.445. The van der Waals surface area contributed by atoms with Crippen molar-refractivity contribution in [2.45, 2.75) is 56.5 Å². The molecule has 2 bridgehead atoms. The Kier molecular flexibility index (Phi) is 7.23. The first kappa shape index (κ1) is 24.6. The van der Waals surface area contributed by atoms with E-state index >= 15 is 0 Å². The molecule has 0 aromatic heterocycles. The van der Waals surface area contributed by atoms with Crippen LogP contribution in [0.2, 0.25) is 0 Å². The monoisotopic (exact) mass is 492 g/mol. The zero-order valence-corrected chi connectivity index (χ0v) is 20.0. The number of carbonyl (C=O) groups excluding carboxylic acids is 1. The molecule has 2 aliphatic rings. The van der Waals surface area contributed by atoms with Crippen LogP contribution in [-0.4, -0.2) is 56.6 Å². The van der Waals surface area contributed by atoms with Gasteiger partial charge >= 0.3 is 5.92 Å². The molecule has 1 fully saturated rings. The Morgan fingerprint density at radius 2 is 1.88 bits per heavy atom. The number of hydrogen-bond donors (Lipinski definition) is 1. The molecule has 2 heterocycles. The van der Waals surface area contributed by atoms with Crippen LogP contribution in [0.5, 0.6) is 5.75 Å². The molecule has 0 saturated carbocycles. The standard InChI is InChI=1S/C25H30F2N2O4S/c1-34(31,32)28-21-11-7-14-29-22(21)17-18-8-6-9-19(16-18)20-10-2-3-12-23(20)33-15-5-4-13-25(26,27)24(29)30/h2-3,6,8-10,12,16,21-22,28H,4-5,7,11,13-15,17H2,1H3. The number of alkyl halides is 2. The average Bonchev–Trinajstić information content (AvgIpc) is 2.78. The molecular weight excluding hydrogens is 462 g/mol. The number of benzene rings is 2. The van der Waals surface area contributed by atoms with Gasteiger partial charge in [-0.1, -0.05) is 42.5 Å². The fourth-order valence-electron chi connectivity index (χ4n) is 4.86. The van der Waals surface area contributed by atoms with Crippen LogP contribution in [0, 0.1) is 0 Å². The third-order valence-electron chi connectivity index (χ3n) is 6.43. The van der Waals surface area contributed by atoms with Crippen LogP contribution in [0.15, 0.2) is 48.5 Å². The van der Waals surface area contributed by atoms with Gasteiger partial charge in [0.15, 0.2) is 0 Å². The second kappa shape index (κ2) is 10.00. The maximum atomic E-state index is 15.0. The van der Waals surface area contributed by atoms with E-state index in [-0.39, 0.29) is 26.0 Å². The summed E-state index contributed by atoms with van der Waals surface area (Å²) in [6, 6.07) is 13.9. The number of nitrogens with one attached hydrogen (secondary N) is 1. The van der Waals surface area contributed by atoms with Gasteiger partial charge in [0.1, 0.15) is 5.75 Å². The molecule has 2 unspecified atom stereocenters. The van der Waals surface area contributed by atoms with Crippen LogP contribution in [0.25, 0.3) is 11.1 Å². The highest BCUT2D eigenvalue weighted by Gasteiger charge is 2.46. The van der Waals surface area contributed by atoms with E-state index in [1.54, 1.807) is 0 Å². The molecule has 4 rings (SSSR count). The lowest BCUT2D eigenvalue weighted by Crippen LogP contribution is -2.60. The normalized spacial score (nSPS) is 23.6. The summed E-state index contributed by atoms with van der Waals surface area (Å²) in [7, 11) is -3.59. The van der Waals surface area contributed by atoms with Crippen LogP contribution in [0.1, 0.15) is 37.7 Å². The van der Waals surface area contributed by atoms with Crippen molar-refractivity contribution in [2.75, 3.05) is 19.4 Å². The Labute approximate surface area is 199 Å². The Morgan fingerprint density at radius 3 is 2.68 bits per heavy atom. The number of halogens is 2. The van der Waals surface area contributed by atoms with Crippen molar-refractivity contribution < 1.29 is 26.7 Å². The number of rotatable bonds is 2. The maximum absolute atomic E-state index is 15.0. The number of piperidine rings is 1. The summed E-state index contributed by atoms with van der Waals surface area (Å²) >= 11 is 0. The van der Waals surface area contributed by atoms with Crippen LogP contribution >= 0.6 is 0 Å². The number of carbonyl (C=O) groups is 1. The quantitative estimate of drug-likeness (QED) is 0.688. The lowest BCUT2D eigenvalue weighted by atomic mass is 9.89. The average molecular weight is 493 g/mol. The van der Waals surface area contributed by atoms with Crippen molar-refractivity contribution in [1.29, 1.82) is 0 Å². The smallest absolute Gasteiger partial charge is 0.324 e. The van der Waals surface area contributed by atoms with Gasteiger partial charge in [-0.2, -0.15) is 8.78 Å². The highest BCUT2D eigenvalue weighted by molar-refractivity contribution is 7.88. The predicted molar refractivity (Wildman–Crippen MR) is 126 cm³/mol. The van der Waals surface area contributed by atoms with Crippen molar-refractivity contribution in [1.82, 2.24) is 9.62 Å². The molecular formula is C25H30F2N2O4S. The zero-order chi connectivity index (χ0) is 24.3. The molecule has 1 amide bonds. The Morgan fingerprint density at radius 1 is 1.09 bits per heavy atom. The molecule has 1 saturated heterocycles. The van der Waals surface area contributed by atoms with E-state index in [9.17, 15) is 22.0 Å². The van der Waals surface area contributed by atoms with Gasteiger partial charge in [0.2, 0.25) is 10.0 Å². The second-order valence-corrected chi connectivity index (χ2v) is 10.9. The van der Waals surface area contributed by atoms with E-state index < -0.39 is 40.4 Å². The minimum Gasteiger partial charge on any atom is -0.493 e. The van der Waals surface area contributed by atoms with Crippen molar-refractivity contribution in [3.8, 4) is 16.9 Å². The van der Waals surface area contributed by atoms with E-state index in [1.165, 1.54) is 4.90 Å². The van der Waals surface area contributed by atoms with Gasteiger partial charge < -0.3 is 9.64 Å². The van der Waals surface area contributed by atoms with E-state index in [4.69, 9.17) is 4.74 Å². The molecule has 0 radical (unpaired) electrons. The third-order valence-corrected chi connectivity index (χ3v) is 7.16. The molecule has 184 valence electrons. The number of para-hydroxylation sites is 1. The van der Waals surface area contributed by atoms with Crippen LogP contribution in [0.4, 0.5) is 8.78 Å². The zero-order valence-electron chi connectivity index (χ0n) is 19.2. The fourth-order valence-corrected chi connectivity index (χ4v) is 5.69. The highest BCUT2D eigenvalue weighted by Crippen LogP contribution is 2.34. The van der Waals surface area contributed by atoms with Gasteiger partial charge in [-0.15, -0.1) is 0 Å². The number of hydrogen-bond acceptors (Lipinski definition) is 4. The lowest BCUT2D eigenvalue weighted by molar-refractivity contribution is -0.163. The summed E-state index contributed by atoms with van der Waals surface area (Å²) in [5.74, 6) is -4.08. The van der Waals surface area contributed by atoms with Crippen LogP contribution < -0.4 is 9.46 Å². The highest BCUT2D eigenvalue weighted by atomic mass is 32.2. The molecule has 0 aliphatic carbocycles. The van der Waals surface area contributed by atoms with E-state index in [0.717, 1.165) is 22.9 Å². The van der Waals surface area contributed by atoms with Crippen molar-refractivity contribution in [3.63, 3.8) is 0 Å². The van der Waals surface area contributed by atoms with Gasteiger partial charge in [-0.05, 0) is 49.3 Å². The number of sulfonamides is 1. The van der Waals surface area contributed by atoms with Gasteiger partial charge in [-0.25, -0.2) is 13.1 Å². The predicted octanol–water partition coefficient (Wildman–Crippen LogP) is 4.00.